The molecule has 2 aromatic rings. The van der Waals surface area contributed by atoms with Crippen molar-refractivity contribution in [1.82, 2.24) is 10.2 Å². The summed E-state index contributed by atoms with van der Waals surface area (Å²) in [6.07, 6.45) is 1.58. The zero-order valence-corrected chi connectivity index (χ0v) is 16.9. The van der Waals surface area contributed by atoms with Gasteiger partial charge in [0.05, 0.1) is 0 Å². The molecule has 4 nitrogen and oxygen atoms in total. The van der Waals surface area contributed by atoms with Gasteiger partial charge in [0.15, 0.2) is 0 Å². The zero-order valence-electron chi connectivity index (χ0n) is 16.2. The number of carbonyl (C=O) groups excluding carboxylic acids is 2. The lowest BCUT2D eigenvalue weighted by atomic mass is 10.1. The molecule has 0 aliphatic carbocycles. The molecule has 0 aliphatic rings. The van der Waals surface area contributed by atoms with E-state index in [4.69, 9.17) is 11.6 Å². The molecule has 0 heterocycles. The monoisotopic (exact) mass is 386 g/mol. The third kappa shape index (κ3) is 6.10. The number of aryl methyl sites for hydroxylation is 2. The Morgan fingerprint density at radius 2 is 1.63 bits per heavy atom. The Bertz CT molecular complexity index is 757. The summed E-state index contributed by atoms with van der Waals surface area (Å²) in [6.45, 7) is 4.34. The minimum Gasteiger partial charge on any atom is -0.357 e. The van der Waals surface area contributed by atoms with Crippen LogP contribution in [0, 0.1) is 6.92 Å². The summed E-state index contributed by atoms with van der Waals surface area (Å²) in [4.78, 5) is 27.0. The molecular weight excluding hydrogens is 360 g/mol. The van der Waals surface area contributed by atoms with Gasteiger partial charge in [0.1, 0.15) is 6.04 Å². The summed E-state index contributed by atoms with van der Waals surface area (Å²) in [5, 5.41) is 3.32. The Morgan fingerprint density at radius 3 is 2.19 bits per heavy atom. The van der Waals surface area contributed by atoms with E-state index in [-0.39, 0.29) is 11.8 Å². The number of hydrogen-bond donors (Lipinski definition) is 1. The molecule has 0 spiro atoms. The molecule has 0 aromatic heterocycles. The first-order valence-corrected chi connectivity index (χ1v) is 9.63. The van der Waals surface area contributed by atoms with E-state index in [9.17, 15) is 9.59 Å². The Kier molecular flexibility index (Phi) is 7.86. The molecule has 0 fully saturated rings. The summed E-state index contributed by atoms with van der Waals surface area (Å²) < 4.78 is 0. The number of hydrogen-bond acceptors (Lipinski definition) is 2. The fourth-order valence-corrected chi connectivity index (χ4v) is 3.15. The number of benzene rings is 2. The molecule has 1 atom stereocenters. The molecule has 0 aliphatic heterocycles. The maximum absolute atomic E-state index is 13.0. The van der Waals surface area contributed by atoms with Gasteiger partial charge in [0.2, 0.25) is 11.8 Å². The van der Waals surface area contributed by atoms with Crippen molar-refractivity contribution in [2.24, 2.45) is 0 Å². The lowest BCUT2D eigenvalue weighted by molar-refractivity contribution is -0.141. The van der Waals surface area contributed by atoms with Crippen molar-refractivity contribution >= 4 is 23.4 Å². The molecule has 2 amide bonds. The van der Waals surface area contributed by atoms with Gasteiger partial charge in [-0.25, -0.2) is 0 Å². The van der Waals surface area contributed by atoms with Crippen LogP contribution in [-0.4, -0.2) is 29.8 Å². The maximum atomic E-state index is 13.0. The number of rotatable bonds is 8. The van der Waals surface area contributed by atoms with Crippen LogP contribution in [0.15, 0.2) is 48.5 Å². The molecule has 1 unspecified atom stereocenters. The fraction of sp³-hybridized carbons (Fsp3) is 0.364. The summed E-state index contributed by atoms with van der Waals surface area (Å²) in [5.74, 6) is -0.170. The zero-order chi connectivity index (χ0) is 19.8. The Balaban J connectivity index is 2.15. The van der Waals surface area contributed by atoms with E-state index in [0.29, 0.717) is 30.8 Å². The van der Waals surface area contributed by atoms with E-state index in [1.807, 2.05) is 50.2 Å². The Hall–Kier alpha value is -2.33. The first kappa shape index (κ1) is 21.0. The number of carbonyl (C=O) groups is 2. The predicted octanol–water partition coefficient (Wildman–Crippen LogP) is 4.13. The van der Waals surface area contributed by atoms with Crippen molar-refractivity contribution in [3.05, 3.63) is 70.2 Å². The smallest absolute Gasteiger partial charge is 0.242 e. The molecule has 144 valence electrons. The molecule has 1 N–H and O–H groups in total. The minimum atomic E-state index is -0.490. The van der Waals surface area contributed by atoms with Crippen molar-refractivity contribution in [3.63, 3.8) is 0 Å². The fourth-order valence-electron chi connectivity index (χ4n) is 3.02. The normalized spacial score (nSPS) is 11.7. The standard InChI is InChI=1S/C22H27ClN2O2/c1-4-20(22(27)24-3)25(15-18-9-12-19(23)13-10-18)21(26)14-11-17-7-5-16(2)6-8-17/h5-10,12-13,20H,4,11,14-15H2,1-3H3,(H,24,27). The van der Waals surface area contributed by atoms with Crippen LogP contribution < -0.4 is 5.32 Å². The minimum absolute atomic E-state index is 0.0269. The number of amides is 2. The molecule has 27 heavy (non-hydrogen) atoms. The van der Waals surface area contributed by atoms with Crippen LogP contribution in [-0.2, 0) is 22.6 Å². The summed E-state index contributed by atoms with van der Waals surface area (Å²) >= 11 is 5.96. The third-order valence-corrected chi connectivity index (χ3v) is 4.90. The van der Waals surface area contributed by atoms with Gasteiger partial charge < -0.3 is 10.2 Å². The van der Waals surface area contributed by atoms with Crippen molar-refractivity contribution in [2.45, 2.75) is 45.7 Å². The van der Waals surface area contributed by atoms with Crippen molar-refractivity contribution < 1.29 is 9.59 Å². The second-order valence-corrected chi connectivity index (χ2v) is 7.11. The SMILES string of the molecule is CCC(C(=O)NC)N(Cc1ccc(Cl)cc1)C(=O)CCc1ccc(C)cc1. The van der Waals surface area contributed by atoms with Crippen LogP contribution in [0.25, 0.3) is 0 Å². The second-order valence-electron chi connectivity index (χ2n) is 6.67. The predicted molar refractivity (Wildman–Crippen MR) is 110 cm³/mol. The van der Waals surface area contributed by atoms with E-state index in [2.05, 4.69) is 5.32 Å². The van der Waals surface area contributed by atoms with E-state index in [1.54, 1.807) is 24.1 Å². The van der Waals surface area contributed by atoms with Crippen LogP contribution in [0.4, 0.5) is 0 Å². The number of nitrogens with one attached hydrogen (secondary N) is 1. The number of halogens is 1. The molecule has 0 bridgehead atoms. The molecule has 0 radical (unpaired) electrons. The highest BCUT2D eigenvalue weighted by Gasteiger charge is 2.27. The van der Waals surface area contributed by atoms with Gasteiger partial charge in [-0.05, 0) is 43.0 Å². The van der Waals surface area contributed by atoms with E-state index in [0.717, 1.165) is 11.1 Å². The second kappa shape index (κ2) is 10.1. The topological polar surface area (TPSA) is 49.4 Å². The van der Waals surface area contributed by atoms with Crippen LogP contribution >= 0.6 is 11.6 Å². The number of likely N-dealkylation sites (N-methyl/N-ethyl adjacent to an activating group) is 1. The van der Waals surface area contributed by atoms with Crippen LogP contribution in [0.2, 0.25) is 5.02 Å². The van der Waals surface area contributed by atoms with Gasteiger partial charge in [-0.1, -0.05) is 60.5 Å². The average molecular weight is 387 g/mol. The van der Waals surface area contributed by atoms with Gasteiger partial charge in [0.25, 0.3) is 0 Å². The van der Waals surface area contributed by atoms with Gasteiger partial charge in [-0.15, -0.1) is 0 Å². The highest BCUT2D eigenvalue weighted by atomic mass is 35.5. The third-order valence-electron chi connectivity index (χ3n) is 4.65. The average Bonchev–Trinajstić information content (AvgIpc) is 2.68. The van der Waals surface area contributed by atoms with Gasteiger partial charge in [0, 0.05) is 25.0 Å². The maximum Gasteiger partial charge on any atom is 0.242 e. The van der Waals surface area contributed by atoms with E-state index in [1.165, 1.54) is 5.56 Å². The van der Waals surface area contributed by atoms with Gasteiger partial charge >= 0.3 is 0 Å². The lowest BCUT2D eigenvalue weighted by Gasteiger charge is -2.30. The quantitative estimate of drug-likeness (QED) is 0.741. The van der Waals surface area contributed by atoms with E-state index >= 15 is 0 Å². The van der Waals surface area contributed by atoms with Gasteiger partial charge in [-0.3, -0.25) is 9.59 Å². The molecule has 0 saturated heterocycles. The molecule has 0 saturated carbocycles. The van der Waals surface area contributed by atoms with Crippen LogP contribution in [0.1, 0.15) is 36.5 Å². The largest absolute Gasteiger partial charge is 0.357 e. The van der Waals surface area contributed by atoms with Crippen molar-refractivity contribution in [2.75, 3.05) is 7.05 Å². The number of nitrogens with zero attached hydrogens (tertiary/aromatic N) is 1. The molecular formula is C22H27ClN2O2. The highest BCUT2D eigenvalue weighted by molar-refractivity contribution is 6.30. The first-order valence-electron chi connectivity index (χ1n) is 9.25. The van der Waals surface area contributed by atoms with Crippen molar-refractivity contribution in [1.29, 1.82) is 0 Å². The molecule has 2 aromatic carbocycles. The van der Waals surface area contributed by atoms with E-state index < -0.39 is 6.04 Å². The summed E-state index contributed by atoms with van der Waals surface area (Å²) in [7, 11) is 1.60. The lowest BCUT2D eigenvalue weighted by Crippen LogP contribution is -2.48. The van der Waals surface area contributed by atoms with Gasteiger partial charge in [-0.2, -0.15) is 0 Å². The first-order chi connectivity index (χ1) is 12.9. The van der Waals surface area contributed by atoms with Crippen molar-refractivity contribution in [3.8, 4) is 0 Å². The molecule has 2 rings (SSSR count). The Labute approximate surface area is 166 Å². The van der Waals surface area contributed by atoms with Crippen LogP contribution in [0.5, 0.6) is 0 Å². The summed E-state index contributed by atoms with van der Waals surface area (Å²) in [5.41, 5.74) is 3.26. The Morgan fingerprint density at radius 1 is 1.04 bits per heavy atom. The molecule has 5 heteroatoms. The highest BCUT2D eigenvalue weighted by Crippen LogP contribution is 2.17. The summed E-state index contributed by atoms with van der Waals surface area (Å²) in [6, 6.07) is 15.1. The van der Waals surface area contributed by atoms with Crippen LogP contribution in [0.3, 0.4) is 0 Å².